The second-order valence-corrected chi connectivity index (χ2v) is 7.46. The van der Waals surface area contributed by atoms with E-state index in [9.17, 15) is 0 Å². The van der Waals surface area contributed by atoms with E-state index in [4.69, 9.17) is 4.74 Å². The van der Waals surface area contributed by atoms with E-state index in [-0.39, 0.29) is 11.2 Å². The molecule has 2 saturated heterocycles. The minimum Gasteiger partial charge on any atom is -0.368 e. The van der Waals surface area contributed by atoms with E-state index in [1.54, 1.807) is 0 Å². The van der Waals surface area contributed by atoms with Crippen LogP contribution in [0.5, 0.6) is 0 Å². The average Bonchev–Trinajstić information content (AvgIpc) is 2.55. The highest BCUT2D eigenvalue weighted by atomic mass is 16.5. The van der Waals surface area contributed by atoms with E-state index >= 15 is 0 Å². The topological polar surface area (TPSA) is 24.5 Å². The van der Waals surface area contributed by atoms with Gasteiger partial charge in [0.15, 0.2) is 0 Å². The summed E-state index contributed by atoms with van der Waals surface area (Å²) in [5.74, 6) is 0. The summed E-state index contributed by atoms with van der Waals surface area (Å²) in [5, 5.41) is 3.31. The lowest BCUT2D eigenvalue weighted by Gasteiger charge is -2.44. The maximum atomic E-state index is 6.30. The number of likely N-dealkylation sites (tertiary alicyclic amines) is 1. The molecule has 2 fully saturated rings. The summed E-state index contributed by atoms with van der Waals surface area (Å²) in [6, 6.07) is 1.31. The highest BCUT2D eigenvalue weighted by molar-refractivity contribution is 5.02. The third-order valence-corrected chi connectivity index (χ3v) is 4.83. The monoisotopic (exact) mass is 268 g/mol. The minimum absolute atomic E-state index is 0.0151. The predicted molar refractivity (Wildman–Crippen MR) is 80.5 cm³/mol. The van der Waals surface area contributed by atoms with Gasteiger partial charge in [0.05, 0.1) is 11.2 Å². The van der Waals surface area contributed by atoms with Crippen molar-refractivity contribution in [2.45, 2.75) is 83.1 Å². The molecule has 0 aliphatic carbocycles. The van der Waals surface area contributed by atoms with Crippen molar-refractivity contribution in [3.05, 3.63) is 0 Å². The molecular formula is C16H32N2O. The molecular weight excluding hydrogens is 236 g/mol. The number of hydrogen-bond donors (Lipinski definition) is 1. The van der Waals surface area contributed by atoms with Gasteiger partial charge < -0.3 is 10.1 Å². The summed E-state index contributed by atoms with van der Waals surface area (Å²) in [4.78, 5) is 2.76. The molecule has 2 unspecified atom stereocenters. The van der Waals surface area contributed by atoms with Crippen molar-refractivity contribution >= 4 is 0 Å². The smallest absolute Gasteiger partial charge is 0.0789 e. The van der Waals surface area contributed by atoms with Crippen molar-refractivity contribution in [3.63, 3.8) is 0 Å². The summed E-state index contributed by atoms with van der Waals surface area (Å²) in [5.41, 5.74) is 0.0118. The fourth-order valence-corrected chi connectivity index (χ4v) is 4.10. The lowest BCUT2D eigenvalue weighted by atomic mass is 9.88. The van der Waals surface area contributed by atoms with Gasteiger partial charge in [-0.25, -0.2) is 0 Å². The van der Waals surface area contributed by atoms with Gasteiger partial charge in [-0.05, 0) is 73.5 Å². The van der Waals surface area contributed by atoms with Gasteiger partial charge in [0, 0.05) is 12.1 Å². The maximum Gasteiger partial charge on any atom is 0.0789 e. The number of piperidine rings is 1. The van der Waals surface area contributed by atoms with Gasteiger partial charge in [0.1, 0.15) is 0 Å². The molecule has 2 aliphatic heterocycles. The molecule has 0 bridgehead atoms. The van der Waals surface area contributed by atoms with Crippen LogP contribution in [-0.4, -0.2) is 48.3 Å². The molecule has 3 heteroatoms. The Bertz CT molecular complexity index is 301. The third-order valence-electron chi connectivity index (χ3n) is 4.83. The Balaban J connectivity index is 2.09. The number of hydrogen-bond acceptors (Lipinski definition) is 3. The molecule has 0 amide bonds. The van der Waals surface area contributed by atoms with E-state index < -0.39 is 0 Å². The third kappa shape index (κ3) is 3.50. The summed E-state index contributed by atoms with van der Waals surface area (Å²) >= 11 is 0. The molecule has 1 N–H and O–H groups in total. The molecule has 0 spiro atoms. The SMILES string of the molecule is CNCCC1CCCCN1C1CC(C)(C)OC1(C)C. The van der Waals surface area contributed by atoms with Crippen LogP contribution in [0.1, 0.15) is 59.8 Å². The molecule has 2 heterocycles. The fraction of sp³-hybridized carbons (Fsp3) is 1.00. The second-order valence-electron chi connectivity index (χ2n) is 7.46. The Hall–Kier alpha value is -0.120. The number of ether oxygens (including phenoxy) is 1. The zero-order valence-electron chi connectivity index (χ0n) is 13.5. The Morgan fingerprint density at radius 1 is 1.21 bits per heavy atom. The first-order valence-electron chi connectivity index (χ1n) is 7.96. The molecule has 2 rings (SSSR count). The van der Waals surface area contributed by atoms with Crippen molar-refractivity contribution in [1.29, 1.82) is 0 Å². The Morgan fingerprint density at radius 3 is 2.53 bits per heavy atom. The van der Waals surface area contributed by atoms with Crippen LogP contribution in [0.2, 0.25) is 0 Å². The van der Waals surface area contributed by atoms with Gasteiger partial charge in [-0.1, -0.05) is 6.42 Å². The van der Waals surface area contributed by atoms with E-state index in [2.05, 4.69) is 45.0 Å². The first kappa shape index (κ1) is 15.3. The molecule has 112 valence electrons. The Morgan fingerprint density at radius 2 is 1.95 bits per heavy atom. The zero-order chi connectivity index (χ0) is 14.1. The molecule has 2 aliphatic rings. The van der Waals surface area contributed by atoms with Crippen LogP contribution < -0.4 is 5.32 Å². The highest BCUT2D eigenvalue weighted by Crippen LogP contribution is 2.42. The predicted octanol–water partition coefficient (Wildman–Crippen LogP) is 2.80. The first-order valence-corrected chi connectivity index (χ1v) is 7.96. The minimum atomic E-state index is -0.0151. The molecule has 0 aromatic rings. The van der Waals surface area contributed by atoms with Gasteiger partial charge in [-0.2, -0.15) is 0 Å². The molecule has 3 nitrogen and oxygen atoms in total. The molecule has 19 heavy (non-hydrogen) atoms. The average molecular weight is 268 g/mol. The van der Waals surface area contributed by atoms with E-state index in [0.717, 1.165) is 19.0 Å². The number of rotatable bonds is 4. The lowest BCUT2D eigenvalue weighted by Crippen LogP contribution is -2.53. The standard InChI is InChI=1S/C16H32N2O/c1-15(2)12-14(16(3,4)19-15)18-11-7-6-8-13(18)9-10-17-5/h13-14,17H,6-12H2,1-5H3. The van der Waals surface area contributed by atoms with Gasteiger partial charge in [-0.15, -0.1) is 0 Å². The Kier molecular flexibility index (Phi) is 4.59. The van der Waals surface area contributed by atoms with Crippen molar-refractivity contribution in [1.82, 2.24) is 10.2 Å². The summed E-state index contributed by atoms with van der Waals surface area (Å²) in [6.07, 6.45) is 6.53. The number of nitrogens with one attached hydrogen (secondary N) is 1. The van der Waals surface area contributed by atoms with Crippen LogP contribution in [0.3, 0.4) is 0 Å². The zero-order valence-corrected chi connectivity index (χ0v) is 13.5. The molecule has 0 aromatic carbocycles. The van der Waals surface area contributed by atoms with Crippen molar-refractivity contribution in [2.24, 2.45) is 0 Å². The van der Waals surface area contributed by atoms with Crippen molar-refractivity contribution in [3.8, 4) is 0 Å². The fourth-order valence-electron chi connectivity index (χ4n) is 4.10. The molecule has 0 saturated carbocycles. The summed E-state index contributed by atoms with van der Waals surface area (Å²) in [6.45, 7) is 11.4. The molecule has 0 radical (unpaired) electrons. The van der Waals surface area contributed by atoms with Gasteiger partial charge in [0.25, 0.3) is 0 Å². The maximum absolute atomic E-state index is 6.30. The van der Waals surface area contributed by atoms with Gasteiger partial charge in [0.2, 0.25) is 0 Å². The van der Waals surface area contributed by atoms with Crippen LogP contribution in [0.25, 0.3) is 0 Å². The van der Waals surface area contributed by atoms with Crippen LogP contribution >= 0.6 is 0 Å². The Labute approximate surface area is 119 Å². The van der Waals surface area contributed by atoms with Crippen LogP contribution in [0, 0.1) is 0 Å². The normalized spacial score (nSPS) is 34.6. The van der Waals surface area contributed by atoms with Crippen molar-refractivity contribution in [2.75, 3.05) is 20.1 Å². The quantitative estimate of drug-likeness (QED) is 0.848. The van der Waals surface area contributed by atoms with E-state index in [1.165, 1.54) is 32.2 Å². The van der Waals surface area contributed by atoms with Crippen LogP contribution in [-0.2, 0) is 4.74 Å². The van der Waals surface area contributed by atoms with E-state index in [0.29, 0.717) is 6.04 Å². The second kappa shape index (κ2) is 5.71. The highest BCUT2D eigenvalue weighted by Gasteiger charge is 2.49. The molecule has 0 aromatic heterocycles. The summed E-state index contributed by atoms with van der Waals surface area (Å²) in [7, 11) is 2.05. The van der Waals surface area contributed by atoms with E-state index in [1.807, 2.05) is 0 Å². The van der Waals surface area contributed by atoms with Crippen molar-refractivity contribution < 1.29 is 4.74 Å². The largest absolute Gasteiger partial charge is 0.368 e. The van der Waals surface area contributed by atoms with Gasteiger partial charge in [-0.3, -0.25) is 4.90 Å². The van der Waals surface area contributed by atoms with Crippen LogP contribution in [0.15, 0.2) is 0 Å². The molecule has 2 atom stereocenters. The lowest BCUT2D eigenvalue weighted by molar-refractivity contribution is -0.0869. The van der Waals surface area contributed by atoms with Crippen LogP contribution in [0.4, 0.5) is 0 Å². The first-order chi connectivity index (χ1) is 8.86. The number of nitrogens with zero attached hydrogens (tertiary/aromatic N) is 1. The summed E-state index contributed by atoms with van der Waals surface area (Å²) < 4.78 is 6.30. The van der Waals surface area contributed by atoms with Gasteiger partial charge >= 0.3 is 0 Å².